The van der Waals surface area contributed by atoms with E-state index in [-0.39, 0.29) is 5.76 Å². The molecular formula is C15H21NO2. The van der Waals surface area contributed by atoms with Crippen molar-refractivity contribution >= 4 is 12.5 Å². The van der Waals surface area contributed by atoms with Crippen molar-refractivity contribution in [3.05, 3.63) is 40.1 Å². The monoisotopic (exact) mass is 247 g/mol. The maximum absolute atomic E-state index is 10.5. The fourth-order valence-corrected chi connectivity index (χ4v) is 1.96. The lowest BCUT2D eigenvalue weighted by molar-refractivity contribution is -0.110. The second-order valence-electron chi connectivity index (χ2n) is 5.23. The van der Waals surface area contributed by atoms with E-state index >= 15 is 0 Å². The van der Waals surface area contributed by atoms with Crippen LogP contribution in [0.5, 0.6) is 0 Å². The van der Waals surface area contributed by atoms with Crippen molar-refractivity contribution in [3.63, 3.8) is 0 Å². The Kier molecular flexibility index (Phi) is 4.17. The summed E-state index contributed by atoms with van der Waals surface area (Å²) in [5.74, 6) is 0.143. The predicted molar refractivity (Wildman–Crippen MR) is 74.5 cm³/mol. The summed E-state index contributed by atoms with van der Waals surface area (Å²) in [5.41, 5.74) is 3.67. The summed E-state index contributed by atoms with van der Waals surface area (Å²) in [6.45, 7) is 9.59. The first kappa shape index (κ1) is 14.3. The van der Waals surface area contributed by atoms with Gasteiger partial charge in [-0.3, -0.25) is 4.79 Å². The fourth-order valence-electron chi connectivity index (χ4n) is 1.96. The van der Waals surface area contributed by atoms with Gasteiger partial charge in [-0.1, -0.05) is 17.7 Å². The van der Waals surface area contributed by atoms with Crippen molar-refractivity contribution < 1.29 is 9.90 Å². The van der Waals surface area contributed by atoms with Crippen molar-refractivity contribution in [1.82, 2.24) is 5.32 Å². The number of nitrogens with one attached hydrogen (secondary N) is 1. The summed E-state index contributed by atoms with van der Waals surface area (Å²) >= 11 is 0. The lowest BCUT2D eigenvalue weighted by Crippen LogP contribution is -2.40. The van der Waals surface area contributed by atoms with Gasteiger partial charge in [0.2, 0.25) is 6.41 Å². The minimum atomic E-state index is -0.758. The molecule has 0 radical (unpaired) electrons. The normalized spacial score (nSPS) is 12.4. The number of hydrogen-bond acceptors (Lipinski definition) is 2. The molecule has 1 aromatic rings. The first-order chi connectivity index (χ1) is 8.27. The summed E-state index contributed by atoms with van der Waals surface area (Å²) in [6, 6.07) is 4.15. The maximum Gasteiger partial charge on any atom is 0.207 e. The van der Waals surface area contributed by atoms with E-state index in [0.717, 1.165) is 16.7 Å². The molecule has 2 N–H and O–H groups in total. The van der Waals surface area contributed by atoms with Gasteiger partial charge in [-0.2, -0.15) is 0 Å². The Labute approximate surface area is 109 Å². The molecule has 0 spiro atoms. The number of rotatable bonds is 4. The number of amides is 1. The van der Waals surface area contributed by atoms with Crippen LogP contribution in [-0.4, -0.2) is 17.1 Å². The summed E-state index contributed by atoms with van der Waals surface area (Å²) < 4.78 is 0. The van der Waals surface area contributed by atoms with Gasteiger partial charge in [0.05, 0.1) is 5.54 Å². The Bertz CT molecular complexity index is 464. The molecule has 3 nitrogen and oxygen atoms in total. The van der Waals surface area contributed by atoms with Gasteiger partial charge in [0, 0.05) is 0 Å². The Morgan fingerprint density at radius 2 is 1.72 bits per heavy atom. The molecule has 3 heteroatoms. The Hall–Kier alpha value is -1.77. The third kappa shape index (κ3) is 3.13. The first-order valence-electron chi connectivity index (χ1n) is 5.98. The maximum atomic E-state index is 10.5. The van der Waals surface area contributed by atoms with Gasteiger partial charge in [-0.15, -0.1) is 0 Å². The fraction of sp³-hybridized carbons (Fsp3) is 0.400. The Balaban J connectivity index is 3.21. The van der Waals surface area contributed by atoms with E-state index in [0.29, 0.717) is 6.41 Å². The molecule has 0 aliphatic rings. The molecule has 0 bridgehead atoms. The topological polar surface area (TPSA) is 49.3 Å². The summed E-state index contributed by atoms with van der Waals surface area (Å²) in [4.78, 5) is 10.5. The van der Waals surface area contributed by atoms with Crippen molar-refractivity contribution in [2.45, 2.75) is 40.2 Å². The van der Waals surface area contributed by atoms with Crippen LogP contribution in [0.2, 0.25) is 0 Å². The van der Waals surface area contributed by atoms with Gasteiger partial charge in [-0.05, 0) is 57.4 Å². The van der Waals surface area contributed by atoms with Crippen molar-refractivity contribution in [2.75, 3.05) is 0 Å². The molecule has 1 rings (SSSR count). The van der Waals surface area contributed by atoms with E-state index in [1.54, 1.807) is 19.9 Å². The molecular weight excluding hydrogens is 226 g/mol. The highest BCUT2D eigenvalue weighted by Crippen LogP contribution is 2.22. The van der Waals surface area contributed by atoms with Crippen LogP contribution in [0.1, 0.15) is 36.1 Å². The van der Waals surface area contributed by atoms with Gasteiger partial charge in [-0.25, -0.2) is 0 Å². The van der Waals surface area contributed by atoms with E-state index in [4.69, 9.17) is 0 Å². The van der Waals surface area contributed by atoms with E-state index in [2.05, 4.69) is 17.4 Å². The van der Waals surface area contributed by atoms with Crippen LogP contribution >= 0.6 is 0 Å². The lowest BCUT2D eigenvalue weighted by atomic mass is 9.95. The van der Waals surface area contributed by atoms with E-state index in [9.17, 15) is 9.90 Å². The minimum absolute atomic E-state index is 0.143. The second-order valence-corrected chi connectivity index (χ2v) is 5.23. The smallest absolute Gasteiger partial charge is 0.207 e. The van der Waals surface area contributed by atoms with Crippen molar-refractivity contribution in [3.8, 4) is 0 Å². The van der Waals surface area contributed by atoms with Crippen LogP contribution in [-0.2, 0) is 4.79 Å². The van der Waals surface area contributed by atoms with Crippen LogP contribution in [0, 0.1) is 20.8 Å². The number of aryl methyl sites for hydroxylation is 3. The highest BCUT2D eigenvalue weighted by molar-refractivity contribution is 5.62. The number of aliphatic hydroxyl groups excluding tert-OH is 1. The third-order valence-corrected chi connectivity index (χ3v) is 3.08. The zero-order valence-corrected chi connectivity index (χ0v) is 11.7. The Morgan fingerprint density at radius 1 is 1.22 bits per heavy atom. The second kappa shape index (κ2) is 5.25. The molecule has 0 aromatic heterocycles. The molecule has 0 saturated carbocycles. The standard InChI is InChI=1S/C15H21NO2/c1-10-6-11(2)13(12(3)7-10)8-14(18)15(4,5)16-9-17/h6-9,18H,1-5H3,(H,16,17)/b14-8-. The van der Waals surface area contributed by atoms with Gasteiger partial charge < -0.3 is 10.4 Å². The molecule has 0 aliphatic heterocycles. The van der Waals surface area contributed by atoms with E-state index in [1.165, 1.54) is 5.56 Å². The minimum Gasteiger partial charge on any atom is -0.510 e. The van der Waals surface area contributed by atoms with Crippen molar-refractivity contribution in [2.24, 2.45) is 0 Å². The molecule has 0 aliphatic carbocycles. The summed E-state index contributed by atoms with van der Waals surface area (Å²) in [6.07, 6.45) is 2.32. The highest BCUT2D eigenvalue weighted by Gasteiger charge is 2.22. The largest absolute Gasteiger partial charge is 0.510 e. The predicted octanol–water partition coefficient (Wildman–Crippen LogP) is 3.04. The van der Waals surface area contributed by atoms with Crippen LogP contribution in [0.3, 0.4) is 0 Å². The van der Waals surface area contributed by atoms with Gasteiger partial charge >= 0.3 is 0 Å². The number of carbonyl (C=O) groups is 1. The number of hydrogen-bond donors (Lipinski definition) is 2. The molecule has 1 aromatic carbocycles. The molecule has 0 unspecified atom stereocenters. The lowest BCUT2D eigenvalue weighted by Gasteiger charge is -2.23. The highest BCUT2D eigenvalue weighted by atomic mass is 16.3. The molecule has 18 heavy (non-hydrogen) atoms. The van der Waals surface area contributed by atoms with Crippen LogP contribution in [0.25, 0.3) is 6.08 Å². The molecule has 0 heterocycles. The van der Waals surface area contributed by atoms with Crippen LogP contribution in [0.4, 0.5) is 0 Å². The molecule has 98 valence electrons. The summed E-state index contributed by atoms with van der Waals surface area (Å²) in [5, 5.41) is 12.7. The van der Waals surface area contributed by atoms with Gasteiger partial charge in [0.1, 0.15) is 5.76 Å². The molecule has 0 fully saturated rings. The Morgan fingerprint density at radius 3 is 2.17 bits per heavy atom. The van der Waals surface area contributed by atoms with Gasteiger partial charge in [0.25, 0.3) is 0 Å². The number of carbonyl (C=O) groups excluding carboxylic acids is 1. The third-order valence-electron chi connectivity index (χ3n) is 3.08. The zero-order valence-electron chi connectivity index (χ0n) is 11.7. The van der Waals surface area contributed by atoms with Crippen molar-refractivity contribution in [1.29, 1.82) is 0 Å². The first-order valence-corrected chi connectivity index (χ1v) is 5.98. The SMILES string of the molecule is Cc1cc(C)c(/C=C(\O)C(C)(C)NC=O)c(C)c1. The quantitative estimate of drug-likeness (QED) is 0.634. The number of benzene rings is 1. The van der Waals surface area contributed by atoms with Gasteiger partial charge in [0.15, 0.2) is 0 Å². The molecule has 0 saturated heterocycles. The summed E-state index contributed by atoms with van der Waals surface area (Å²) in [7, 11) is 0. The van der Waals surface area contributed by atoms with Crippen LogP contribution < -0.4 is 5.32 Å². The van der Waals surface area contributed by atoms with Crippen LogP contribution in [0.15, 0.2) is 17.9 Å². The molecule has 0 atom stereocenters. The van der Waals surface area contributed by atoms with E-state index < -0.39 is 5.54 Å². The van der Waals surface area contributed by atoms with E-state index in [1.807, 2.05) is 20.8 Å². The number of aliphatic hydroxyl groups is 1. The zero-order chi connectivity index (χ0) is 13.9. The molecule has 1 amide bonds. The average molecular weight is 247 g/mol. The average Bonchev–Trinajstić information content (AvgIpc) is 2.22.